The lowest BCUT2D eigenvalue weighted by atomic mass is 9.76. The number of piperidine rings is 1. The van der Waals surface area contributed by atoms with Gasteiger partial charge in [-0.2, -0.15) is 0 Å². The molecule has 0 aromatic heterocycles. The molecule has 2 N–H and O–H groups in total. The molecule has 4 heteroatoms. The van der Waals surface area contributed by atoms with E-state index in [0.717, 1.165) is 16.3 Å². The first-order valence-corrected chi connectivity index (χ1v) is 9.34. The number of halogens is 2. The Morgan fingerprint density at radius 2 is 1.73 bits per heavy atom. The molecule has 2 aliphatic heterocycles. The van der Waals surface area contributed by atoms with Crippen LogP contribution in [0.2, 0.25) is 5.02 Å². The maximum atomic E-state index is 6.09. The van der Waals surface area contributed by atoms with E-state index < -0.39 is 0 Å². The van der Waals surface area contributed by atoms with E-state index in [2.05, 4.69) is 35.9 Å². The Morgan fingerprint density at radius 3 is 2.42 bits per heavy atom. The van der Waals surface area contributed by atoms with Gasteiger partial charge in [-0.1, -0.05) is 35.6 Å². The Labute approximate surface area is 167 Å². The summed E-state index contributed by atoms with van der Waals surface area (Å²) in [5.74, 6) is 7.84. The molecule has 2 aliphatic rings. The maximum Gasteiger partial charge on any atom is 0.0431 e. The first-order valence-electron chi connectivity index (χ1n) is 8.96. The molecule has 0 unspecified atom stereocenters. The van der Waals surface area contributed by atoms with Crippen molar-refractivity contribution in [3.8, 4) is 11.8 Å². The van der Waals surface area contributed by atoms with Crippen molar-refractivity contribution >= 4 is 29.7 Å². The lowest BCUT2D eigenvalue weighted by Crippen LogP contribution is -2.45. The molecular formula is C22H24Cl2N2. The predicted octanol–water partition coefficient (Wildman–Crippen LogP) is 4.96. The number of hydrogen-bond acceptors (Lipinski definition) is 2. The van der Waals surface area contributed by atoms with Crippen molar-refractivity contribution in [2.45, 2.75) is 37.3 Å². The van der Waals surface area contributed by atoms with E-state index in [-0.39, 0.29) is 12.4 Å². The molecule has 2 nitrogen and oxygen atoms in total. The number of nitrogens with zero attached hydrogens (tertiary/aromatic N) is 1. The van der Waals surface area contributed by atoms with E-state index in [0.29, 0.717) is 23.9 Å². The molecule has 26 heavy (non-hydrogen) atoms. The summed E-state index contributed by atoms with van der Waals surface area (Å²) in [4.78, 5) is 2.55. The highest BCUT2D eigenvalue weighted by atomic mass is 35.5. The number of nitrogen functional groups attached to an aromatic ring is 1. The molecular weight excluding hydrogens is 363 g/mol. The first-order chi connectivity index (χ1) is 12.1. The van der Waals surface area contributed by atoms with Crippen molar-refractivity contribution in [1.82, 2.24) is 4.90 Å². The fourth-order valence-corrected chi connectivity index (χ4v) is 4.58. The quantitative estimate of drug-likeness (QED) is 0.554. The van der Waals surface area contributed by atoms with Crippen LogP contribution in [0.25, 0.3) is 0 Å². The van der Waals surface area contributed by atoms with Gasteiger partial charge in [0.2, 0.25) is 0 Å². The Bertz CT molecular complexity index is 805. The Balaban J connectivity index is 0.00000196. The smallest absolute Gasteiger partial charge is 0.0431 e. The molecule has 4 atom stereocenters. The van der Waals surface area contributed by atoms with Crippen molar-refractivity contribution in [2.24, 2.45) is 5.92 Å². The average Bonchev–Trinajstić information content (AvgIpc) is 2.86. The Morgan fingerprint density at radius 1 is 1.04 bits per heavy atom. The van der Waals surface area contributed by atoms with Crippen LogP contribution < -0.4 is 5.73 Å². The molecule has 2 heterocycles. The molecule has 4 rings (SSSR count). The van der Waals surface area contributed by atoms with Gasteiger partial charge in [0.1, 0.15) is 0 Å². The van der Waals surface area contributed by atoms with Crippen LogP contribution in [0.1, 0.15) is 36.3 Å². The highest BCUT2D eigenvalue weighted by molar-refractivity contribution is 6.30. The van der Waals surface area contributed by atoms with E-state index >= 15 is 0 Å². The van der Waals surface area contributed by atoms with Crippen molar-refractivity contribution in [1.29, 1.82) is 0 Å². The number of nitrogens with two attached hydrogens (primary N) is 1. The van der Waals surface area contributed by atoms with Gasteiger partial charge in [-0.15, -0.1) is 12.4 Å². The van der Waals surface area contributed by atoms with E-state index in [9.17, 15) is 0 Å². The van der Waals surface area contributed by atoms with E-state index in [1.807, 2.05) is 36.4 Å². The summed E-state index contributed by atoms with van der Waals surface area (Å²) in [6, 6.07) is 17.4. The summed E-state index contributed by atoms with van der Waals surface area (Å²) in [5, 5.41) is 0.796. The second kappa shape index (κ2) is 7.92. The van der Waals surface area contributed by atoms with E-state index in [4.69, 9.17) is 17.3 Å². The second-order valence-electron chi connectivity index (χ2n) is 7.27. The average molecular weight is 387 g/mol. The zero-order valence-corrected chi connectivity index (χ0v) is 16.4. The molecule has 0 amide bonds. The van der Waals surface area contributed by atoms with Gasteiger partial charge in [-0.05, 0) is 68.3 Å². The minimum Gasteiger partial charge on any atom is -0.399 e. The number of rotatable bonds is 1. The van der Waals surface area contributed by atoms with Crippen LogP contribution in [-0.2, 0) is 0 Å². The van der Waals surface area contributed by atoms with Crippen molar-refractivity contribution in [2.75, 3.05) is 12.8 Å². The van der Waals surface area contributed by atoms with Gasteiger partial charge in [0, 0.05) is 40.2 Å². The fourth-order valence-electron chi connectivity index (χ4n) is 4.45. The zero-order chi connectivity index (χ0) is 17.4. The van der Waals surface area contributed by atoms with Gasteiger partial charge in [-0.25, -0.2) is 0 Å². The lowest BCUT2D eigenvalue weighted by molar-refractivity contribution is 0.128. The molecule has 2 saturated heterocycles. The van der Waals surface area contributed by atoms with E-state index in [1.54, 1.807) is 0 Å². The molecule has 0 aliphatic carbocycles. The van der Waals surface area contributed by atoms with Crippen molar-refractivity contribution in [3.63, 3.8) is 0 Å². The first kappa shape index (κ1) is 19.1. The summed E-state index contributed by atoms with van der Waals surface area (Å²) in [6.45, 7) is 0. The van der Waals surface area contributed by atoms with Crippen LogP contribution in [0.5, 0.6) is 0 Å². The minimum atomic E-state index is 0. The number of fused-ring (bicyclic) bond motifs is 2. The molecule has 2 aromatic rings. The summed E-state index contributed by atoms with van der Waals surface area (Å²) in [6.07, 6.45) is 3.70. The second-order valence-corrected chi connectivity index (χ2v) is 7.71. The number of benzene rings is 2. The molecule has 2 aromatic carbocycles. The molecule has 2 fully saturated rings. The van der Waals surface area contributed by atoms with Crippen LogP contribution >= 0.6 is 24.0 Å². The Hall–Kier alpha value is -1.66. The van der Waals surface area contributed by atoms with Gasteiger partial charge < -0.3 is 5.73 Å². The van der Waals surface area contributed by atoms with Crippen LogP contribution in [0.4, 0.5) is 5.69 Å². The topological polar surface area (TPSA) is 29.3 Å². The molecule has 0 saturated carbocycles. The monoisotopic (exact) mass is 386 g/mol. The third kappa shape index (κ3) is 3.71. The summed E-state index contributed by atoms with van der Waals surface area (Å²) >= 11 is 6.09. The summed E-state index contributed by atoms with van der Waals surface area (Å²) in [5.41, 5.74) is 8.96. The summed E-state index contributed by atoms with van der Waals surface area (Å²) < 4.78 is 0. The van der Waals surface area contributed by atoms with Gasteiger partial charge >= 0.3 is 0 Å². The maximum absolute atomic E-state index is 6.09. The third-order valence-electron chi connectivity index (χ3n) is 5.86. The Kier molecular flexibility index (Phi) is 5.82. The molecule has 0 radical (unpaired) electrons. The molecule has 2 bridgehead atoms. The lowest BCUT2D eigenvalue weighted by Gasteiger charge is -2.41. The highest BCUT2D eigenvalue weighted by Gasteiger charge is 2.45. The van der Waals surface area contributed by atoms with Gasteiger partial charge in [0.25, 0.3) is 0 Å². The van der Waals surface area contributed by atoms with E-state index in [1.165, 1.54) is 24.8 Å². The largest absolute Gasteiger partial charge is 0.399 e. The van der Waals surface area contributed by atoms with Crippen molar-refractivity contribution < 1.29 is 0 Å². The number of anilines is 1. The highest BCUT2D eigenvalue weighted by Crippen LogP contribution is 2.46. The fraction of sp³-hybridized carbons (Fsp3) is 0.364. The van der Waals surface area contributed by atoms with Gasteiger partial charge in [0.05, 0.1) is 0 Å². The van der Waals surface area contributed by atoms with Crippen LogP contribution in [0.3, 0.4) is 0 Å². The van der Waals surface area contributed by atoms with Crippen LogP contribution in [0, 0.1) is 17.8 Å². The van der Waals surface area contributed by atoms with Crippen LogP contribution in [0.15, 0.2) is 48.5 Å². The van der Waals surface area contributed by atoms with Gasteiger partial charge in [0.15, 0.2) is 0 Å². The normalized spacial score (nSPS) is 27.3. The van der Waals surface area contributed by atoms with Gasteiger partial charge in [-0.3, -0.25) is 4.90 Å². The number of hydrogen-bond donors (Lipinski definition) is 1. The van der Waals surface area contributed by atoms with Crippen LogP contribution in [-0.4, -0.2) is 24.0 Å². The standard InChI is InChI=1S/C22H23ClN2.ClH/c1-25-19-11-13-22(25)20(12-4-15-2-9-18(24)10-3-15)21(14-19)16-5-7-17(23)8-6-16;/h2-3,5-10,19-22H,11,13-14,24H2,1H3;1H/t19-,20-,21+,22+;/m0./s1. The predicted molar refractivity (Wildman–Crippen MR) is 112 cm³/mol. The molecule has 136 valence electrons. The zero-order valence-electron chi connectivity index (χ0n) is 14.9. The van der Waals surface area contributed by atoms with Crippen molar-refractivity contribution in [3.05, 3.63) is 64.7 Å². The third-order valence-corrected chi connectivity index (χ3v) is 6.11. The summed E-state index contributed by atoms with van der Waals surface area (Å²) in [7, 11) is 2.26. The minimum absolute atomic E-state index is 0. The molecule has 0 spiro atoms. The SMILES string of the molecule is CN1[C@H]2CC[C@@H]1[C@@H](C#Cc1ccc(N)cc1)[C@@H](c1ccc(Cl)cc1)C2.Cl.